The van der Waals surface area contributed by atoms with Gasteiger partial charge >= 0.3 is 0 Å². The Labute approximate surface area is 166 Å². The van der Waals surface area contributed by atoms with E-state index < -0.39 is 0 Å². The van der Waals surface area contributed by atoms with Gasteiger partial charge in [0.05, 0.1) is 5.69 Å². The van der Waals surface area contributed by atoms with Crippen molar-refractivity contribution in [2.24, 2.45) is 5.92 Å². The topological polar surface area (TPSA) is 70.7 Å². The van der Waals surface area contributed by atoms with Gasteiger partial charge in [-0.2, -0.15) is 0 Å². The quantitative estimate of drug-likeness (QED) is 0.627. The zero-order valence-corrected chi connectivity index (χ0v) is 16.9. The van der Waals surface area contributed by atoms with E-state index >= 15 is 0 Å². The summed E-state index contributed by atoms with van der Waals surface area (Å²) in [5, 5.41) is 3.05. The molecule has 5 nitrogen and oxygen atoms in total. The number of carbonyl (C=O) groups excluding carboxylic acids is 1. The maximum absolute atomic E-state index is 11.8. The van der Waals surface area contributed by atoms with E-state index in [0.29, 0.717) is 6.54 Å². The van der Waals surface area contributed by atoms with Crippen molar-refractivity contribution < 1.29 is 4.79 Å². The van der Waals surface area contributed by atoms with Gasteiger partial charge in [-0.05, 0) is 42.2 Å². The molecule has 0 saturated heterocycles. The Hall–Kier alpha value is -2.69. The summed E-state index contributed by atoms with van der Waals surface area (Å²) in [5.74, 6) is 0.465. The Morgan fingerprint density at radius 3 is 2.54 bits per heavy atom. The predicted molar refractivity (Wildman–Crippen MR) is 112 cm³/mol. The van der Waals surface area contributed by atoms with Gasteiger partial charge in [-0.15, -0.1) is 0 Å². The number of nitrogens with zero attached hydrogens (tertiary/aromatic N) is 2. The highest BCUT2D eigenvalue weighted by atomic mass is 16.2. The predicted octanol–water partition coefficient (Wildman–Crippen LogP) is 4.38. The van der Waals surface area contributed by atoms with Crippen LogP contribution in [0, 0.1) is 5.92 Å². The average molecular weight is 377 g/mol. The Morgan fingerprint density at radius 2 is 1.86 bits per heavy atom. The van der Waals surface area contributed by atoms with Crippen LogP contribution in [0.4, 0.5) is 0 Å². The highest BCUT2D eigenvalue weighted by Gasteiger charge is 2.29. The number of carbonyl (C=O) groups is 1. The van der Waals surface area contributed by atoms with E-state index in [-0.39, 0.29) is 17.2 Å². The lowest BCUT2D eigenvalue weighted by Crippen LogP contribution is -2.26. The lowest BCUT2D eigenvalue weighted by Gasteiger charge is -2.19. The van der Waals surface area contributed by atoms with E-state index in [1.54, 1.807) is 12.4 Å². The standard InChI is InChI=1S/C23H28N4O/c1-23(2,3)17-10-8-15(9-11-17)19-18(20-21(27-19)25-14-13-24-20)5-4-12-26-22(28)16-6-7-16/h8-11,13-14,16H,4-7,12H2,1-3H3,(H,25,27)(H,26,28). The second kappa shape index (κ2) is 7.38. The summed E-state index contributed by atoms with van der Waals surface area (Å²) in [4.78, 5) is 24.3. The number of hydrogen-bond donors (Lipinski definition) is 2. The number of hydrogen-bond acceptors (Lipinski definition) is 3. The minimum absolute atomic E-state index is 0.130. The van der Waals surface area contributed by atoms with Gasteiger partial charge in [-0.1, -0.05) is 45.0 Å². The van der Waals surface area contributed by atoms with Crippen LogP contribution in [0.5, 0.6) is 0 Å². The van der Waals surface area contributed by atoms with Crippen molar-refractivity contribution in [2.75, 3.05) is 6.54 Å². The average Bonchev–Trinajstić information content (AvgIpc) is 3.46. The molecule has 0 bridgehead atoms. The number of amides is 1. The molecular formula is C23H28N4O. The first-order chi connectivity index (χ1) is 13.4. The van der Waals surface area contributed by atoms with Crippen LogP contribution in [0.1, 0.15) is 51.2 Å². The lowest BCUT2D eigenvalue weighted by molar-refractivity contribution is -0.122. The highest BCUT2D eigenvalue weighted by molar-refractivity contribution is 5.85. The molecule has 1 amide bonds. The molecule has 0 spiro atoms. The summed E-state index contributed by atoms with van der Waals surface area (Å²) in [6.07, 6.45) is 7.26. The van der Waals surface area contributed by atoms with Crippen LogP contribution >= 0.6 is 0 Å². The van der Waals surface area contributed by atoms with Crippen LogP contribution in [0.3, 0.4) is 0 Å². The number of aromatic nitrogens is 3. The van der Waals surface area contributed by atoms with E-state index in [1.165, 1.54) is 11.1 Å². The molecule has 1 aliphatic carbocycles. The molecule has 0 unspecified atom stereocenters. The van der Waals surface area contributed by atoms with Crippen LogP contribution in [-0.2, 0) is 16.6 Å². The van der Waals surface area contributed by atoms with Gasteiger partial charge in [0.2, 0.25) is 5.91 Å². The fraction of sp³-hybridized carbons (Fsp3) is 0.435. The third kappa shape index (κ3) is 3.93. The number of rotatable bonds is 6. The Kier molecular flexibility index (Phi) is 4.92. The third-order valence-corrected chi connectivity index (χ3v) is 5.42. The van der Waals surface area contributed by atoms with Crippen molar-refractivity contribution in [3.05, 3.63) is 47.8 Å². The van der Waals surface area contributed by atoms with E-state index in [9.17, 15) is 4.79 Å². The van der Waals surface area contributed by atoms with Crippen LogP contribution in [0.25, 0.3) is 22.4 Å². The van der Waals surface area contributed by atoms with Crippen molar-refractivity contribution >= 4 is 17.1 Å². The van der Waals surface area contributed by atoms with Gasteiger partial charge in [0.15, 0.2) is 5.65 Å². The summed E-state index contributed by atoms with van der Waals surface area (Å²) in [6, 6.07) is 8.73. The maximum Gasteiger partial charge on any atom is 0.223 e. The van der Waals surface area contributed by atoms with Crippen molar-refractivity contribution in [1.82, 2.24) is 20.3 Å². The molecule has 0 atom stereocenters. The van der Waals surface area contributed by atoms with Crippen molar-refractivity contribution in [1.29, 1.82) is 0 Å². The largest absolute Gasteiger partial charge is 0.356 e. The van der Waals surface area contributed by atoms with Crippen molar-refractivity contribution in [2.45, 2.75) is 51.9 Å². The molecular weight excluding hydrogens is 348 g/mol. The number of nitrogens with one attached hydrogen (secondary N) is 2. The molecule has 3 aromatic rings. The number of aryl methyl sites for hydroxylation is 1. The zero-order chi connectivity index (χ0) is 19.7. The van der Waals surface area contributed by atoms with Crippen LogP contribution in [0.15, 0.2) is 36.7 Å². The minimum atomic E-state index is 0.130. The molecule has 4 rings (SSSR count). The maximum atomic E-state index is 11.8. The number of aromatic amines is 1. The number of fused-ring (bicyclic) bond motifs is 1. The molecule has 0 aliphatic heterocycles. The molecule has 2 heterocycles. The summed E-state index contributed by atoms with van der Waals surface area (Å²) < 4.78 is 0. The van der Waals surface area contributed by atoms with Gasteiger partial charge in [0.25, 0.3) is 0 Å². The molecule has 5 heteroatoms. The Morgan fingerprint density at radius 1 is 1.14 bits per heavy atom. The van der Waals surface area contributed by atoms with E-state index in [0.717, 1.165) is 48.1 Å². The Balaban J connectivity index is 1.57. The van der Waals surface area contributed by atoms with E-state index in [1.807, 2.05) is 0 Å². The van der Waals surface area contributed by atoms with Gasteiger partial charge in [-0.3, -0.25) is 9.78 Å². The summed E-state index contributed by atoms with van der Waals surface area (Å²) in [5.41, 5.74) is 6.57. The van der Waals surface area contributed by atoms with Gasteiger partial charge < -0.3 is 10.3 Å². The first-order valence-corrected chi connectivity index (χ1v) is 10.1. The monoisotopic (exact) mass is 376 g/mol. The van der Waals surface area contributed by atoms with E-state index in [4.69, 9.17) is 0 Å². The molecule has 1 aliphatic rings. The Bertz CT molecular complexity index is 978. The summed E-state index contributed by atoms with van der Waals surface area (Å²) in [6.45, 7) is 7.37. The second-order valence-corrected chi connectivity index (χ2v) is 8.73. The van der Waals surface area contributed by atoms with Gasteiger partial charge in [-0.25, -0.2) is 4.98 Å². The highest BCUT2D eigenvalue weighted by Crippen LogP contribution is 2.31. The first kappa shape index (κ1) is 18.7. The SMILES string of the molecule is CC(C)(C)c1ccc(-c2[nH]c3nccnc3c2CCCNC(=O)C2CC2)cc1. The van der Waals surface area contributed by atoms with Gasteiger partial charge in [0.1, 0.15) is 5.52 Å². The van der Waals surface area contributed by atoms with Crippen molar-refractivity contribution in [3.8, 4) is 11.3 Å². The summed E-state index contributed by atoms with van der Waals surface area (Å²) >= 11 is 0. The first-order valence-electron chi connectivity index (χ1n) is 10.1. The van der Waals surface area contributed by atoms with Gasteiger partial charge in [0, 0.05) is 30.4 Å². The number of benzene rings is 1. The third-order valence-electron chi connectivity index (χ3n) is 5.42. The summed E-state index contributed by atoms with van der Waals surface area (Å²) in [7, 11) is 0. The fourth-order valence-corrected chi connectivity index (χ4v) is 3.56. The fourth-order valence-electron chi connectivity index (χ4n) is 3.56. The second-order valence-electron chi connectivity index (χ2n) is 8.73. The molecule has 1 saturated carbocycles. The molecule has 2 N–H and O–H groups in total. The molecule has 146 valence electrons. The van der Waals surface area contributed by atoms with Crippen molar-refractivity contribution in [3.63, 3.8) is 0 Å². The smallest absolute Gasteiger partial charge is 0.223 e. The normalized spacial score (nSPS) is 14.4. The molecule has 1 fully saturated rings. The lowest BCUT2D eigenvalue weighted by atomic mass is 9.86. The molecule has 2 aromatic heterocycles. The minimum Gasteiger partial charge on any atom is -0.356 e. The van der Waals surface area contributed by atoms with E-state index in [2.05, 4.69) is 65.3 Å². The number of H-pyrrole nitrogens is 1. The molecule has 0 radical (unpaired) electrons. The zero-order valence-electron chi connectivity index (χ0n) is 16.9. The van der Waals surface area contributed by atoms with Crippen LogP contribution in [-0.4, -0.2) is 27.4 Å². The van der Waals surface area contributed by atoms with Crippen LogP contribution < -0.4 is 5.32 Å². The molecule has 1 aromatic carbocycles. The molecule has 28 heavy (non-hydrogen) atoms. The van der Waals surface area contributed by atoms with Crippen LogP contribution in [0.2, 0.25) is 0 Å².